The highest BCUT2D eigenvalue weighted by atomic mass is 35.5. The molecule has 0 aliphatic rings. The summed E-state index contributed by atoms with van der Waals surface area (Å²) in [6, 6.07) is 9.92. The summed E-state index contributed by atoms with van der Waals surface area (Å²) in [5, 5.41) is 15.5. The number of hydrogen-bond donors (Lipinski definition) is 3. The Hall–Kier alpha value is -1.86. The fraction of sp³-hybridized carbons (Fsp3) is 0.368. The van der Waals surface area contributed by atoms with Crippen molar-refractivity contribution in [3.63, 3.8) is 0 Å². The molecule has 0 aliphatic carbocycles. The van der Waals surface area contributed by atoms with E-state index in [0.29, 0.717) is 35.2 Å². The molecule has 0 heterocycles. The lowest BCUT2D eigenvalue weighted by atomic mass is 10.1. The first-order valence-electron chi connectivity index (χ1n) is 8.40. The van der Waals surface area contributed by atoms with Crippen LogP contribution in [0.3, 0.4) is 0 Å². The summed E-state index contributed by atoms with van der Waals surface area (Å²) in [4.78, 5) is 0. The topological polar surface area (TPSA) is 62.8 Å². The maximum Gasteiger partial charge on any atom is 0.166 e. The summed E-state index contributed by atoms with van der Waals surface area (Å²) >= 11 is 6.06. The lowest BCUT2D eigenvalue weighted by molar-refractivity contribution is 0.280. The van der Waals surface area contributed by atoms with Crippen molar-refractivity contribution in [1.29, 1.82) is 0 Å². The third-order valence-corrected chi connectivity index (χ3v) is 4.10. The quantitative estimate of drug-likeness (QED) is 0.522. The molecule has 2 aromatic rings. The standard InChI is InChI=1S/C19H24ClFN2O3/c1-25-18-4-2-3-14(12-23-8-7-22-9-10-24)19(18)26-13-15-5-6-16(21)11-17(15)20/h2-6,11,22-24H,7-10,12-13H2,1H3. The Morgan fingerprint density at radius 2 is 1.88 bits per heavy atom. The van der Waals surface area contributed by atoms with E-state index in [2.05, 4.69) is 10.6 Å². The normalized spacial score (nSPS) is 10.8. The number of ether oxygens (including phenoxy) is 2. The molecule has 3 N–H and O–H groups in total. The molecule has 0 aliphatic heterocycles. The summed E-state index contributed by atoms with van der Waals surface area (Å²) in [5.74, 6) is 0.878. The number of halogens is 2. The fourth-order valence-corrected chi connectivity index (χ4v) is 2.64. The zero-order chi connectivity index (χ0) is 18.8. The van der Waals surface area contributed by atoms with Crippen LogP contribution >= 0.6 is 11.6 Å². The Labute approximate surface area is 158 Å². The van der Waals surface area contributed by atoms with Gasteiger partial charge in [-0.3, -0.25) is 0 Å². The van der Waals surface area contributed by atoms with Crippen molar-refractivity contribution in [2.24, 2.45) is 0 Å². The molecule has 2 aromatic carbocycles. The molecule has 0 amide bonds. The van der Waals surface area contributed by atoms with Crippen molar-refractivity contribution < 1.29 is 19.0 Å². The van der Waals surface area contributed by atoms with E-state index < -0.39 is 0 Å². The van der Waals surface area contributed by atoms with Crippen LogP contribution in [0, 0.1) is 5.82 Å². The lowest BCUT2D eigenvalue weighted by Gasteiger charge is -2.16. The third-order valence-electron chi connectivity index (χ3n) is 3.75. The number of hydrogen-bond acceptors (Lipinski definition) is 5. The van der Waals surface area contributed by atoms with Gasteiger partial charge < -0.3 is 25.2 Å². The number of benzene rings is 2. The lowest BCUT2D eigenvalue weighted by Crippen LogP contribution is -2.28. The van der Waals surface area contributed by atoms with Crippen molar-refractivity contribution in [2.75, 3.05) is 33.4 Å². The first kappa shape index (κ1) is 20.5. The van der Waals surface area contributed by atoms with Crippen molar-refractivity contribution in [2.45, 2.75) is 13.2 Å². The number of aliphatic hydroxyl groups excluding tert-OH is 1. The van der Waals surface area contributed by atoms with Gasteiger partial charge in [0.25, 0.3) is 0 Å². The highest BCUT2D eigenvalue weighted by Crippen LogP contribution is 2.32. The molecule has 2 rings (SSSR count). The molecule has 0 saturated carbocycles. The van der Waals surface area contributed by atoms with Gasteiger partial charge in [0, 0.05) is 37.3 Å². The van der Waals surface area contributed by atoms with Crippen molar-refractivity contribution in [3.8, 4) is 11.5 Å². The second-order valence-corrected chi connectivity index (χ2v) is 6.03. The van der Waals surface area contributed by atoms with E-state index >= 15 is 0 Å². The van der Waals surface area contributed by atoms with Gasteiger partial charge in [0.05, 0.1) is 18.7 Å². The third kappa shape index (κ3) is 6.14. The molecule has 0 aromatic heterocycles. The van der Waals surface area contributed by atoms with Gasteiger partial charge in [-0.05, 0) is 18.2 Å². The van der Waals surface area contributed by atoms with Gasteiger partial charge in [-0.15, -0.1) is 0 Å². The Morgan fingerprint density at radius 3 is 2.62 bits per heavy atom. The van der Waals surface area contributed by atoms with Crippen LogP contribution in [0.15, 0.2) is 36.4 Å². The fourth-order valence-electron chi connectivity index (χ4n) is 2.42. The number of nitrogens with one attached hydrogen (secondary N) is 2. The van der Waals surface area contributed by atoms with Gasteiger partial charge in [-0.1, -0.05) is 29.8 Å². The van der Waals surface area contributed by atoms with Gasteiger partial charge in [0.2, 0.25) is 0 Å². The summed E-state index contributed by atoms with van der Waals surface area (Å²) in [6.07, 6.45) is 0. The minimum Gasteiger partial charge on any atom is -0.493 e. The van der Waals surface area contributed by atoms with Crippen molar-refractivity contribution in [3.05, 3.63) is 58.4 Å². The van der Waals surface area contributed by atoms with E-state index in [9.17, 15) is 4.39 Å². The van der Waals surface area contributed by atoms with Crippen LogP contribution in [-0.2, 0) is 13.2 Å². The van der Waals surface area contributed by atoms with E-state index in [0.717, 1.165) is 18.7 Å². The first-order chi connectivity index (χ1) is 12.7. The highest BCUT2D eigenvalue weighted by molar-refractivity contribution is 6.31. The van der Waals surface area contributed by atoms with Crippen LogP contribution < -0.4 is 20.1 Å². The van der Waals surface area contributed by atoms with Crippen LogP contribution in [-0.4, -0.2) is 38.5 Å². The minimum absolute atomic E-state index is 0.125. The Bertz CT molecular complexity index is 700. The molecule has 0 unspecified atom stereocenters. The van der Waals surface area contributed by atoms with E-state index in [1.54, 1.807) is 13.2 Å². The molecular formula is C19H24ClFN2O3. The van der Waals surface area contributed by atoms with E-state index in [4.69, 9.17) is 26.2 Å². The van der Waals surface area contributed by atoms with E-state index in [1.165, 1.54) is 12.1 Å². The zero-order valence-corrected chi connectivity index (χ0v) is 15.5. The van der Waals surface area contributed by atoms with E-state index in [-0.39, 0.29) is 19.0 Å². The molecule has 0 spiro atoms. The van der Waals surface area contributed by atoms with Gasteiger partial charge in [-0.25, -0.2) is 4.39 Å². The monoisotopic (exact) mass is 382 g/mol. The second kappa shape index (κ2) is 11.0. The van der Waals surface area contributed by atoms with Gasteiger partial charge in [-0.2, -0.15) is 0 Å². The molecule has 0 fully saturated rings. The number of methoxy groups -OCH3 is 1. The van der Waals surface area contributed by atoms with Crippen LogP contribution in [0.4, 0.5) is 4.39 Å². The number of para-hydroxylation sites is 1. The molecule has 0 saturated heterocycles. The number of rotatable bonds is 11. The SMILES string of the molecule is COc1cccc(CNCCNCCO)c1OCc1ccc(F)cc1Cl. The molecule has 7 heteroatoms. The Kier molecular flexibility index (Phi) is 8.64. The summed E-state index contributed by atoms with van der Waals surface area (Å²) in [6.45, 7) is 3.02. The molecule has 26 heavy (non-hydrogen) atoms. The Morgan fingerprint density at radius 1 is 1.08 bits per heavy atom. The summed E-state index contributed by atoms with van der Waals surface area (Å²) < 4.78 is 24.5. The predicted octanol–water partition coefficient (Wildman–Crippen LogP) is 2.74. The van der Waals surface area contributed by atoms with Crippen LogP contribution in [0.25, 0.3) is 0 Å². The molecule has 0 atom stereocenters. The molecular weight excluding hydrogens is 359 g/mol. The molecule has 142 valence electrons. The van der Waals surface area contributed by atoms with Gasteiger partial charge >= 0.3 is 0 Å². The van der Waals surface area contributed by atoms with E-state index in [1.807, 2.05) is 18.2 Å². The summed E-state index contributed by atoms with van der Waals surface area (Å²) in [7, 11) is 1.59. The molecule has 0 radical (unpaired) electrons. The molecule has 0 bridgehead atoms. The van der Waals surface area contributed by atoms with Crippen LogP contribution in [0.1, 0.15) is 11.1 Å². The van der Waals surface area contributed by atoms with Gasteiger partial charge in [0.15, 0.2) is 11.5 Å². The van der Waals surface area contributed by atoms with Crippen LogP contribution in [0.5, 0.6) is 11.5 Å². The first-order valence-corrected chi connectivity index (χ1v) is 8.78. The molecule has 5 nitrogen and oxygen atoms in total. The average molecular weight is 383 g/mol. The minimum atomic E-state index is -0.379. The summed E-state index contributed by atoms with van der Waals surface area (Å²) in [5.41, 5.74) is 1.65. The average Bonchev–Trinajstić information content (AvgIpc) is 2.64. The van der Waals surface area contributed by atoms with Gasteiger partial charge in [0.1, 0.15) is 12.4 Å². The maximum atomic E-state index is 13.2. The smallest absolute Gasteiger partial charge is 0.166 e. The maximum absolute atomic E-state index is 13.2. The Balaban J connectivity index is 2.01. The van der Waals surface area contributed by atoms with Crippen molar-refractivity contribution >= 4 is 11.6 Å². The predicted molar refractivity (Wildman–Crippen MR) is 100 cm³/mol. The highest BCUT2D eigenvalue weighted by Gasteiger charge is 2.12. The number of aliphatic hydroxyl groups is 1. The van der Waals surface area contributed by atoms with Crippen molar-refractivity contribution in [1.82, 2.24) is 10.6 Å². The largest absolute Gasteiger partial charge is 0.493 e. The van der Waals surface area contributed by atoms with Crippen LogP contribution in [0.2, 0.25) is 5.02 Å². The second-order valence-electron chi connectivity index (χ2n) is 5.62. The zero-order valence-electron chi connectivity index (χ0n) is 14.7.